The van der Waals surface area contributed by atoms with E-state index < -0.39 is 5.60 Å². The van der Waals surface area contributed by atoms with Crippen molar-refractivity contribution in [3.05, 3.63) is 0 Å². The maximum absolute atomic E-state index is 11.7. The van der Waals surface area contributed by atoms with Crippen LogP contribution in [0.25, 0.3) is 0 Å². The van der Waals surface area contributed by atoms with Crippen LogP contribution in [0.3, 0.4) is 0 Å². The lowest BCUT2D eigenvalue weighted by atomic mass is 10.1. The first kappa shape index (κ1) is 12.3. The number of hydrogen-bond donors (Lipinski definition) is 0. The van der Waals surface area contributed by atoms with Crippen LogP contribution in [-0.2, 0) is 9.47 Å². The minimum atomic E-state index is -0.427. The Labute approximate surface area is 91.5 Å². The summed E-state index contributed by atoms with van der Waals surface area (Å²) in [7, 11) is 1.68. The van der Waals surface area contributed by atoms with E-state index in [2.05, 4.69) is 0 Å². The predicted octanol–water partition coefficient (Wildman–Crippen LogP) is 2.03. The van der Waals surface area contributed by atoms with Crippen LogP contribution in [0.5, 0.6) is 0 Å². The number of carbonyl (C=O) groups is 1. The van der Waals surface area contributed by atoms with Gasteiger partial charge >= 0.3 is 6.09 Å². The predicted molar refractivity (Wildman–Crippen MR) is 57.8 cm³/mol. The molecule has 1 fully saturated rings. The van der Waals surface area contributed by atoms with Crippen LogP contribution in [0.1, 0.15) is 34.1 Å². The van der Waals surface area contributed by atoms with E-state index in [4.69, 9.17) is 9.47 Å². The summed E-state index contributed by atoms with van der Waals surface area (Å²) >= 11 is 0. The van der Waals surface area contributed by atoms with Crippen LogP contribution in [0.15, 0.2) is 0 Å². The Balaban J connectivity index is 2.51. The molecule has 15 heavy (non-hydrogen) atoms. The molecule has 1 aliphatic rings. The smallest absolute Gasteiger partial charge is 0.410 e. The second-order valence-electron chi connectivity index (χ2n) is 5.31. The lowest BCUT2D eigenvalue weighted by Gasteiger charge is -2.26. The summed E-state index contributed by atoms with van der Waals surface area (Å²) in [5.41, 5.74) is -0.639. The van der Waals surface area contributed by atoms with Crippen molar-refractivity contribution in [1.29, 1.82) is 0 Å². The lowest BCUT2D eigenvalue weighted by Crippen LogP contribution is -2.38. The first-order valence-corrected chi connectivity index (χ1v) is 5.29. The third-order valence-corrected chi connectivity index (χ3v) is 2.58. The molecule has 0 N–H and O–H groups in total. The highest BCUT2D eigenvalue weighted by Crippen LogP contribution is 2.25. The van der Waals surface area contributed by atoms with Gasteiger partial charge in [-0.05, 0) is 34.1 Å². The molecule has 1 unspecified atom stereocenters. The number of hydrogen-bond acceptors (Lipinski definition) is 3. The molecule has 0 saturated carbocycles. The first-order chi connectivity index (χ1) is 6.76. The van der Waals surface area contributed by atoms with Gasteiger partial charge in [0.05, 0.1) is 12.1 Å². The molecule has 1 heterocycles. The van der Waals surface area contributed by atoms with E-state index in [1.54, 1.807) is 12.0 Å². The summed E-state index contributed by atoms with van der Waals surface area (Å²) in [4.78, 5) is 13.4. The van der Waals surface area contributed by atoms with Crippen molar-refractivity contribution in [2.24, 2.45) is 0 Å². The fourth-order valence-electron chi connectivity index (χ4n) is 1.58. The quantitative estimate of drug-likeness (QED) is 0.672. The molecule has 0 bridgehead atoms. The van der Waals surface area contributed by atoms with Gasteiger partial charge in [-0.25, -0.2) is 4.79 Å². The summed E-state index contributed by atoms with van der Waals surface area (Å²) in [5.74, 6) is 0. The van der Waals surface area contributed by atoms with E-state index in [1.165, 1.54) is 0 Å². The molecule has 0 aliphatic carbocycles. The lowest BCUT2D eigenvalue weighted by molar-refractivity contribution is 0.00179. The highest BCUT2D eigenvalue weighted by Gasteiger charge is 2.37. The molecule has 1 atom stereocenters. The van der Waals surface area contributed by atoms with Crippen molar-refractivity contribution in [2.45, 2.75) is 45.3 Å². The zero-order chi connectivity index (χ0) is 11.7. The Morgan fingerprint density at radius 3 is 2.40 bits per heavy atom. The van der Waals surface area contributed by atoms with Crippen molar-refractivity contribution in [3.8, 4) is 0 Å². The molecule has 0 aromatic rings. The third-order valence-electron chi connectivity index (χ3n) is 2.58. The molecular weight excluding hydrogens is 194 g/mol. The van der Waals surface area contributed by atoms with E-state index in [0.29, 0.717) is 13.1 Å². The van der Waals surface area contributed by atoms with Gasteiger partial charge in [-0.3, -0.25) is 0 Å². The Kier molecular flexibility index (Phi) is 3.28. The second kappa shape index (κ2) is 4.00. The van der Waals surface area contributed by atoms with Gasteiger partial charge in [0.1, 0.15) is 5.60 Å². The van der Waals surface area contributed by atoms with E-state index in [-0.39, 0.29) is 11.7 Å². The molecule has 1 saturated heterocycles. The number of carbonyl (C=O) groups excluding carboxylic acids is 1. The topological polar surface area (TPSA) is 38.8 Å². The summed E-state index contributed by atoms with van der Waals surface area (Å²) in [6.07, 6.45) is 0.617. The molecule has 1 amide bonds. The normalized spacial score (nSPS) is 26.9. The number of nitrogens with zero attached hydrogens (tertiary/aromatic N) is 1. The average Bonchev–Trinajstić information content (AvgIpc) is 2.46. The number of rotatable bonds is 1. The number of methoxy groups -OCH3 is 1. The van der Waals surface area contributed by atoms with Crippen LogP contribution in [-0.4, -0.2) is 42.4 Å². The monoisotopic (exact) mass is 215 g/mol. The highest BCUT2D eigenvalue weighted by molar-refractivity contribution is 5.68. The third kappa shape index (κ3) is 3.38. The van der Waals surface area contributed by atoms with Gasteiger partial charge in [0.25, 0.3) is 0 Å². The maximum Gasteiger partial charge on any atom is 0.410 e. The first-order valence-electron chi connectivity index (χ1n) is 5.29. The van der Waals surface area contributed by atoms with Crippen LogP contribution in [0, 0.1) is 0 Å². The summed E-state index contributed by atoms with van der Waals surface area (Å²) in [6.45, 7) is 8.94. The molecule has 0 spiro atoms. The molecule has 88 valence electrons. The molecule has 4 heteroatoms. The van der Waals surface area contributed by atoms with Gasteiger partial charge in [0.2, 0.25) is 0 Å². The molecule has 1 aliphatic heterocycles. The number of amides is 1. The van der Waals surface area contributed by atoms with Gasteiger partial charge in [-0.2, -0.15) is 0 Å². The van der Waals surface area contributed by atoms with E-state index in [9.17, 15) is 4.79 Å². The second-order valence-corrected chi connectivity index (χ2v) is 5.31. The van der Waals surface area contributed by atoms with Gasteiger partial charge in [0, 0.05) is 13.7 Å². The van der Waals surface area contributed by atoms with Crippen LogP contribution in [0.4, 0.5) is 4.79 Å². The minimum absolute atomic E-state index is 0.211. The van der Waals surface area contributed by atoms with Crippen molar-refractivity contribution in [1.82, 2.24) is 4.90 Å². The molecule has 1 rings (SSSR count). The van der Waals surface area contributed by atoms with Crippen molar-refractivity contribution >= 4 is 6.09 Å². The Bertz CT molecular complexity index is 247. The fourth-order valence-corrected chi connectivity index (χ4v) is 1.58. The van der Waals surface area contributed by atoms with Crippen LogP contribution >= 0.6 is 0 Å². The van der Waals surface area contributed by atoms with E-state index in [1.807, 2.05) is 27.7 Å². The van der Waals surface area contributed by atoms with Crippen molar-refractivity contribution < 1.29 is 14.3 Å². The molecule has 0 radical (unpaired) electrons. The summed E-state index contributed by atoms with van der Waals surface area (Å²) in [5, 5.41) is 0. The zero-order valence-electron chi connectivity index (χ0n) is 10.3. The van der Waals surface area contributed by atoms with Gasteiger partial charge in [0.15, 0.2) is 0 Å². The van der Waals surface area contributed by atoms with Crippen LogP contribution in [0.2, 0.25) is 0 Å². The largest absolute Gasteiger partial charge is 0.444 e. The summed E-state index contributed by atoms with van der Waals surface area (Å²) < 4.78 is 10.7. The minimum Gasteiger partial charge on any atom is -0.444 e. The number of likely N-dealkylation sites (tertiary alicyclic amines) is 1. The SMILES string of the molecule is COC1(C)CCN(C(=O)OC(C)(C)C)C1. The van der Waals surface area contributed by atoms with Crippen molar-refractivity contribution in [2.75, 3.05) is 20.2 Å². The van der Waals surface area contributed by atoms with E-state index >= 15 is 0 Å². The Morgan fingerprint density at radius 2 is 2.00 bits per heavy atom. The zero-order valence-corrected chi connectivity index (χ0v) is 10.3. The van der Waals surface area contributed by atoms with Gasteiger partial charge in [-0.1, -0.05) is 0 Å². The maximum atomic E-state index is 11.7. The molecular formula is C11H21NO3. The Morgan fingerprint density at radius 1 is 1.40 bits per heavy atom. The standard InChI is InChI=1S/C11H21NO3/c1-10(2,3)15-9(13)12-7-6-11(4,8-12)14-5/h6-8H2,1-5H3. The molecule has 4 nitrogen and oxygen atoms in total. The summed E-state index contributed by atoms with van der Waals surface area (Å²) in [6, 6.07) is 0. The van der Waals surface area contributed by atoms with E-state index in [0.717, 1.165) is 6.42 Å². The highest BCUT2D eigenvalue weighted by atomic mass is 16.6. The number of ether oxygens (including phenoxy) is 2. The average molecular weight is 215 g/mol. The van der Waals surface area contributed by atoms with Crippen molar-refractivity contribution in [3.63, 3.8) is 0 Å². The Hall–Kier alpha value is -0.770. The fraction of sp³-hybridized carbons (Fsp3) is 0.909. The van der Waals surface area contributed by atoms with Gasteiger partial charge < -0.3 is 14.4 Å². The molecule has 0 aromatic heterocycles. The van der Waals surface area contributed by atoms with Gasteiger partial charge in [-0.15, -0.1) is 0 Å². The molecule has 0 aromatic carbocycles. The van der Waals surface area contributed by atoms with Crippen LogP contribution < -0.4 is 0 Å².